The minimum Gasteiger partial charge on any atom is -0.493 e. The molecule has 2 bridgehead atoms. The van der Waals surface area contributed by atoms with Gasteiger partial charge in [-0.05, 0) is 36.5 Å². The van der Waals surface area contributed by atoms with E-state index in [1.54, 1.807) is 27.4 Å². The Morgan fingerprint density at radius 3 is 2.17 bits per heavy atom. The van der Waals surface area contributed by atoms with Crippen molar-refractivity contribution in [3.05, 3.63) is 30.4 Å². The molecule has 0 heterocycles. The SMILES string of the molecule is C=CC[C@]12C[C@H](OC)[C@H](O)[C@](OC)(C1=O)[C@H](c1cc(OC)c(OC)c(OC)c1)[C@H]2C. The molecule has 0 spiro atoms. The Kier molecular flexibility index (Phi) is 6.18. The Balaban J connectivity index is 2.29. The van der Waals surface area contributed by atoms with Crippen molar-refractivity contribution in [2.24, 2.45) is 11.3 Å². The number of ether oxygens (including phenoxy) is 5. The quantitative estimate of drug-likeness (QED) is 0.648. The van der Waals surface area contributed by atoms with Gasteiger partial charge in [-0.2, -0.15) is 0 Å². The number of carbonyl (C=O) groups excluding carboxylic acids is 1. The maximum absolute atomic E-state index is 13.9. The Hall–Kier alpha value is -2.09. The van der Waals surface area contributed by atoms with E-state index < -0.39 is 29.1 Å². The molecule has 30 heavy (non-hydrogen) atoms. The van der Waals surface area contributed by atoms with Gasteiger partial charge in [0.1, 0.15) is 6.10 Å². The molecule has 2 aliphatic rings. The van der Waals surface area contributed by atoms with Gasteiger partial charge in [-0.15, -0.1) is 6.58 Å². The van der Waals surface area contributed by atoms with Crippen LogP contribution in [0.1, 0.15) is 31.2 Å². The molecular weight excluding hydrogens is 388 g/mol. The summed E-state index contributed by atoms with van der Waals surface area (Å²) < 4.78 is 28.0. The van der Waals surface area contributed by atoms with Crippen LogP contribution < -0.4 is 14.2 Å². The predicted octanol–water partition coefficient (Wildman–Crippen LogP) is 2.74. The third-order valence-corrected chi connectivity index (χ3v) is 7.19. The lowest BCUT2D eigenvalue weighted by Gasteiger charge is -2.45. The van der Waals surface area contributed by atoms with E-state index >= 15 is 0 Å². The number of benzene rings is 1. The fourth-order valence-corrected chi connectivity index (χ4v) is 5.76. The maximum atomic E-state index is 13.9. The second-order valence-electron chi connectivity index (χ2n) is 8.12. The normalized spacial score (nSPS) is 35.2. The Morgan fingerprint density at radius 2 is 1.73 bits per heavy atom. The van der Waals surface area contributed by atoms with E-state index in [1.165, 1.54) is 14.2 Å². The summed E-state index contributed by atoms with van der Waals surface area (Å²) in [6, 6.07) is 3.65. The van der Waals surface area contributed by atoms with Gasteiger partial charge in [0.15, 0.2) is 22.9 Å². The van der Waals surface area contributed by atoms with Crippen molar-refractivity contribution in [1.82, 2.24) is 0 Å². The van der Waals surface area contributed by atoms with Crippen LogP contribution in [0.4, 0.5) is 0 Å². The highest BCUT2D eigenvalue weighted by molar-refractivity contribution is 5.99. The molecule has 6 atom stereocenters. The summed E-state index contributed by atoms with van der Waals surface area (Å²) in [6.07, 6.45) is 0.995. The molecular formula is C23H32O7. The third-order valence-electron chi connectivity index (χ3n) is 7.19. The molecule has 7 nitrogen and oxygen atoms in total. The van der Waals surface area contributed by atoms with E-state index in [1.807, 2.05) is 19.1 Å². The van der Waals surface area contributed by atoms with Crippen molar-refractivity contribution in [1.29, 1.82) is 0 Å². The summed E-state index contributed by atoms with van der Waals surface area (Å²) >= 11 is 0. The minimum atomic E-state index is -1.45. The summed E-state index contributed by atoms with van der Waals surface area (Å²) in [5.74, 6) is 0.722. The Morgan fingerprint density at radius 1 is 1.13 bits per heavy atom. The topological polar surface area (TPSA) is 83.5 Å². The minimum absolute atomic E-state index is 0.107. The molecule has 0 unspecified atom stereocenters. The highest BCUT2D eigenvalue weighted by atomic mass is 16.5. The molecule has 1 aromatic rings. The number of allylic oxidation sites excluding steroid dienone is 1. The lowest BCUT2D eigenvalue weighted by molar-refractivity contribution is -0.190. The first-order chi connectivity index (χ1) is 14.3. The number of aliphatic hydroxyl groups is 1. The number of rotatable bonds is 8. The average molecular weight is 421 g/mol. The monoisotopic (exact) mass is 420 g/mol. The van der Waals surface area contributed by atoms with E-state index in [-0.39, 0.29) is 11.7 Å². The summed E-state index contributed by atoms with van der Waals surface area (Å²) in [5, 5.41) is 11.3. The molecule has 0 saturated heterocycles. The van der Waals surface area contributed by atoms with E-state index in [4.69, 9.17) is 23.7 Å². The van der Waals surface area contributed by atoms with Gasteiger partial charge in [-0.1, -0.05) is 13.0 Å². The summed E-state index contributed by atoms with van der Waals surface area (Å²) in [6.45, 7) is 5.90. The van der Waals surface area contributed by atoms with E-state index in [2.05, 4.69) is 6.58 Å². The van der Waals surface area contributed by atoms with Crippen LogP contribution in [0.3, 0.4) is 0 Å². The van der Waals surface area contributed by atoms with Gasteiger partial charge >= 0.3 is 0 Å². The number of methoxy groups -OCH3 is 5. The molecule has 0 aromatic heterocycles. The molecule has 1 N–H and O–H groups in total. The molecule has 1 aromatic carbocycles. The molecule has 2 aliphatic carbocycles. The first-order valence-corrected chi connectivity index (χ1v) is 10.0. The zero-order valence-electron chi connectivity index (χ0n) is 18.6. The molecule has 0 aliphatic heterocycles. The second-order valence-corrected chi connectivity index (χ2v) is 8.12. The van der Waals surface area contributed by atoms with Gasteiger partial charge in [-0.3, -0.25) is 4.79 Å². The van der Waals surface area contributed by atoms with E-state index in [0.29, 0.717) is 30.1 Å². The molecule has 166 valence electrons. The van der Waals surface area contributed by atoms with Crippen molar-refractivity contribution in [2.45, 2.75) is 43.5 Å². The highest BCUT2D eigenvalue weighted by Gasteiger charge is 2.74. The standard InChI is InChI=1S/C23H32O7/c1-8-9-22-12-17(28-5)20(24)23(30-7,21(22)25)18(13(22)2)14-10-15(26-3)19(29-6)16(11-14)27-4/h8,10-11,13,17-18,20,24H,1,9,12H2,2-7H3/t13-,17+,18+,20+,22-,23+/m1/s1. The molecule has 7 heteroatoms. The van der Waals surface area contributed by atoms with Crippen LogP contribution in [0.5, 0.6) is 17.2 Å². The Labute approximate surface area is 177 Å². The van der Waals surface area contributed by atoms with Gasteiger partial charge in [0.2, 0.25) is 5.75 Å². The number of aliphatic hydroxyl groups excluding tert-OH is 1. The number of ketones is 1. The van der Waals surface area contributed by atoms with Crippen LogP contribution in [0, 0.1) is 11.3 Å². The predicted molar refractivity (Wildman–Crippen MR) is 111 cm³/mol. The number of hydrogen-bond acceptors (Lipinski definition) is 7. The lowest BCUT2D eigenvalue weighted by Crippen LogP contribution is -2.62. The van der Waals surface area contributed by atoms with Gasteiger partial charge < -0.3 is 28.8 Å². The average Bonchev–Trinajstić information content (AvgIpc) is 2.89. The third kappa shape index (κ3) is 2.79. The van der Waals surface area contributed by atoms with Crippen LogP contribution in [0.2, 0.25) is 0 Å². The van der Waals surface area contributed by atoms with E-state index in [0.717, 1.165) is 5.56 Å². The van der Waals surface area contributed by atoms with Crippen molar-refractivity contribution in [3.8, 4) is 17.2 Å². The van der Waals surface area contributed by atoms with Gasteiger partial charge in [0.05, 0.1) is 27.4 Å². The van der Waals surface area contributed by atoms with Crippen molar-refractivity contribution < 1.29 is 33.6 Å². The van der Waals surface area contributed by atoms with Crippen LogP contribution in [-0.2, 0) is 14.3 Å². The van der Waals surface area contributed by atoms with Gasteiger partial charge in [0.25, 0.3) is 0 Å². The largest absolute Gasteiger partial charge is 0.493 e. The highest BCUT2D eigenvalue weighted by Crippen LogP contribution is 2.64. The van der Waals surface area contributed by atoms with Crippen LogP contribution >= 0.6 is 0 Å². The summed E-state index contributed by atoms with van der Waals surface area (Å²) in [7, 11) is 7.65. The maximum Gasteiger partial charge on any atom is 0.203 e. The van der Waals surface area contributed by atoms with Crippen molar-refractivity contribution in [3.63, 3.8) is 0 Å². The second kappa shape index (κ2) is 8.21. The fourth-order valence-electron chi connectivity index (χ4n) is 5.76. The molecule has 2 saturated carbocycles. The molecule has 0 radical (unpaired) electrons. The lowest BCUT2D eigenvalue weighted by atomic mass is 9.66. The van der Waals surface area contributed by atoms with Crippen LogP contribution in [-0.4, -0.2) is 64.2 Å². The number of hydrogen-bond donors (Lipinski definition) is 1. The summed E-state index contributed by atoms with van der Waals surface area (Å²) in [5.41, 5.74) is -1.43. The molecule has 0 amide bonds. The van der Waals surface area contributed by atoms with E-state index in [9.17, 15) is 9.90 Å². The van der Waals surface area contributed by atoms with Crippen LogP contribution in [0.15, 0.2) is 24.8 Å². The number of fused-ring (bicyclic) bond motifs is 2. The first kappa shape index (κ1) is 22.6. The van der Waals surface area contributed by atoms with Crippen molar-refractivity contribution in [2.75, 3.05) is 35.5 Å². The van der Waals surface area contributed by atoms with Gasteiger partial charge in [-0.25, -0.2) is 0 Å². The molecule has 2 fully saturated rings. The van der Waals surface area contributed by atoms with Crippen LogP contribution in [0.25, 0.3) is 0 Å². The zero-order valence-corrected chi connectivity index (χ0v) is 18.6. The number of Topliss-reactive ketones (excluding diaryl/α,β-unsaturated/α-hetero) is 1. The van der Waals surface area contributed by atoms with Gasteiger partial charge in [0, 0.05) is 25.6 Å². The zero-order chi connectivity index (χ0) is 22.3. The number of carbonyl (C=O) groups is 1. The molecule has 3 rings (SSSR count). The van der Waals surface area contributed by atoms with Crippen molar-refractivity contribution >= 4 is 5.78 Å². The first-order valence-electron chi connectivity index (χ1n) is 10.0. The summed E-state index contributed by atoms with van der Waals surface area (Å²) in [4.78, 5) is 13.9. The smallest absolute Gasteiger partial charge is 0.203 e. The fraction of sp³-hybridized carbons (Fsp3) is 0.609. The Bertz CT molecular complexity index is 797.